The van der Waals surface area contributed by atoms with Gasteiger partial charge in [-0.15, -0.1) is 0 Å². The number of aromatic nitrogens is 1. The van der Waals surface area contributed by atoms with Crippen molar-refractivity contribution < 1.29 is 27.2 Å². The third-order valence-electron chi connectivity index (χ3n) is 2.89. The van der Waals surface area contributed by atoms with Crippen LogP contribution in [0.2, 0.25) is 0 Å². The first-order valence-corrected chi connectivity index (χ1v) is 6.34. The van der Waals surface area contributed by atoms with Gasteiger partial charge in [0.2, 0.25) is 0 Å². The van der Waals surface area contributed by atoms with Crippen LogP contribution in [0.3, 0.4) is 0 Å². The molecule has 1 aromatic heterocycles. The highest BCUT2D eigenvalue weighted by molar-refractivity contribution is 6.04. The van der Waals surface area contributed by atoms with Gasteiger partial charge in [-0.2, -0.15) is 13.2 Å². The first kappa shape index (κ1) is 16.6. The molecule has 23 heavy (non-hydrogen) atoms. The summed E-state index contributed by atoms with van der Waals surface area (Å²) in [5.41, 5.74) is -1.92. The van der Waals surface area contributed by atoms with Crippen molar-refractivity contribution in [1.29, 1.82) is 0 Å². The van der Waals surface area contributed by atoms with Crippen LogP contribution < -0.4 is 5.32 Å². The summed E-state index contributed by atoms with van der Waals surface area (Å²) >= 11 is 0. The number of carbonyl (C=O) groups is 2. The van der Waals surface area contributed by atoms with Crippen LogP contribution in [0.4, 0.5) is 23.2 Å². The van der Waals surface area contributed by atoms with Crippen molar-refractivity contribution in [2.24, 2.45) is 0 Å². The van der Waals surface area contributed by atoms with E-state index in [-0.39, 0.29) is 17.0 Å². The molecule has 1 amide bonds. The van der Waals surface area contributed by atoms with E-state index in [9.17, 15) is 27.2 Å². The summed E-state index contributed by atoms with van der Waals surface area (Å²) in [5, 5.41) is 2.10. The summed E-state index contributed by atoms with van der Waals surface area (Å²) < 4.78 is 51.4. The average Bonchev–Trinajstić information content (AvgIpc) is 2.48. The fourth-order valence-electron chi connectivity index (χ4n) is 1.75. The average molecular weight is 326 g/mol. The van der Waals surface area contributed by atoms with Gasteiger partial charge < -0.3 is 5.32 Å². The van der Waals surface area contributed by atoms with E-state index in [1.165, 1.54) is 13.0 Å². The van der Waals surface area contributed by atoms with E-state index in [2.05, 4.69) is 10.3 Å². The van der Waals surface area contributed by atoms with Crippen LogP contribution >= 0.6 is 0 Å². The summed E-state index contributed by atoms with van der Waals surface area (Å²) in [5.74, 6) is -2.19. The lowest BCUT2D eigenvalue weighted by Gasteiger charge is -2.09. The van der Waals surface area contributed by atoms with Crippen LogP contribution in [0.5, 0.6) is 0 Å². The van der Waals surface area contributed by atoms with Gasteiger partial charge in [-0.05, 0) is 37.3 Å². The highest BCUT2D eigenvalue weighted by Gasteiger charge is 2.33. The zero-order chi connectivity index (χ0) is 17.2. The SMILES string of the molecule is CC(=O)c1ccc(F)c(NC(=O)c2cccc(C(F)(F)F)n2)c1. The van der Waals surface area contributed by atoms with Gasteiger partial charge in [0.1, 0.15) is 17.2 Å². The lowest BCUT2D eigenvalue weighted by atomic mass is 10.1. The normalized spacial score (nSPS) is 11.2. The number of Topliss-reactive ketones (excluding diaryl/α,β-unsaturated/α-hetero) is 1. The molecule has 1 aromatic carbocycles. The predicted octanol–water partition coefficient (Wildman–Crippen LogP) is 3.69. The van der Waals surface area contributed by atoms with Crippen LogP contribution in [0.1, 0.15) is 33.5 Å². The first-order chi connectivity index (χ1) is 10.7. The Morgan fingerprint density at radius 2 is 1.83 bits per heavy atom. The molecule has 0 unspecified atom stereocenters. The lowest BCUT2D eigenvalue weighted by molar-refractivity contribution is -0.141. The number of benzene rings is 1. The van der Waals surface area contributed by atoms with E-state index in [0.717, 1.165) is 24.3 Å². The first-order valence-electron chi connectivity index (χ1n) is 6.34. The monoisotopic (exact) mass is 326 g/mol. The molecule has 1 N–H and O–H groups in total. The van der Waals surface area contributed by atoms with Crippen LogP contribution in [-0.4, -0.2) is 16.7 Å². The van der Waals surface area contributed by atoms with Crippen LogP contribution in [0.25, 0.3) is 0 Å². The molecular formula is C15H10F4N2O2. The van der Waals surface area contributed by atoms with Gasteiger partial charge in [-0.3, -0.25) is 9.59 Å². The number of ketones is 1. The van der Waals surface area contributed by atoms with Crippen molar-refractivity contribution in [2.45, 2.75) is 13.1 Å². The quantitative estimate of drug-likeness (QED) is 0.691. The van der Waals surface area contributed by atoms with E-state index >= 15 is 0 Å². The molecule has 120 valence electrons. The smallest absolute Gasteiger partial charge is 0.318 e. The molecule has 0 aliphatic rings. The molecule has 4 nitrogen and oxygen atoms in total. The molecule has 2 aromatic rings. The molecule has 0 spiro atoms. The molecule has 0 fully saturated rings. The fraction of sp³-hybridized carbons (Fsp3) is 0.133. The molecule has 0 aliphatic carbocycles. The van der Waals surface area contributed by atoms with Gasteiger partial charge in [0.25, 0.3) is 5.91 Å². The van der Waals surface area contributed by atoms with Crippen LogP contribution in [0, 0.1) is 5.82 Å². The molecule has 0 saturated heterocycles. The van der Waals surface area contributed by atoms with Gasteiger partial charge in [-0.25, -0.2) is 9.37 Å². The Morgan fingerprint density at radius 3 is 2.43 bits per heavy atom. The van der Waals surface area contributed by atoms with E-state index in [0.29, 0.717) is 6.07 Å². The van der Waals surface area contributed by atoms with E-state index in [1.54, 1.807) is 0 Å². The molecule has 8 heteroatoms. The molecule has 2 rings (SSSR count). The number of hydrogen-bond acceptors (Lipinski definition) is 3. The third-order valence-corrected chi connectivity index (χ3v) is 2.89. The minimum Gasteiger partial charge on any atom is -0.318 e. The number of nitrogens with one attached hydrogen (secondary N) is 1. The zero-order valence-corrected chi connectivity index (χ0v) is 11.7. The van der Waals surface area contributed by atoms with Gasteiger partial charge in [0, 0.05) is 5.56 Å². The van der Waals surface area contributed by atoms with Gasteiger partial charge in [0.15, 0.2) is 5.78 Å². The predicted molar refractivity (Wildman–Crippen MR) is 73.6 cm³/mol. The van der Waals surface area contributed by atoms with Crippen LogP contribution in [0.15, 0.2) is 36.4 Å². The Hall–Kier alpha value is -2.77. The number of pyridine rings is 1. The summed E-state index contributed by atoms with van der Waals surface area (Å²) in [4.78, 5) is 26.4. The number of nitrogens with zero attached hydrogens (tertiary/aromatic N) is 1. The highest BCUT2D eigenvalue weighted by Crippen LogP contribution is 2.27. The minimum absolute atomic E-state index is 0.152. The van der Waals surface area contributed by atoms with Crippen molar-refractivity contribution in [3.8, 4) is 0 Å². The number of anilines is 1. The number of halogens is 4. The molecular weight excluding hydrogens is 316 g/mol. The van der Waals surface area contributed by atoms with Gasteiger partial charge in [0.05, 0.1) is 5.69 Å². The number of carbonyl (C=O) groups excluding carboxylic acids is 2. The van der Waals surface area contributed by atoms with Gasteiger partial charge in [-0.1, -0.05) is 6.07 Å². The van der Waals surface area contributed by atoms with E-state index < -0.39 is 29.3 Å². The second-order valence-electron chi connectivity index (χ2n) is 4.61. The fourth-order valence-corrected chi connectivity index (χ4v) is 1.75. The Labute approximate surface area is 128 Å². The summed E-state index contributed by atoms with van der Waals surface area (Å²) in [6, 6.07) is 6.11. The summed E-state index contributed by atoms with van der Waals surface area (Å²) in [6.45, 7) is 1.26. The molecule has 0 radical (unpaired) electrons. The molecule has 0 bridgehead atoms. The van der Waals surface area contributed by atoms with E-state index in [1.807, 2.05) is 0 Å². The highest BCUT2D eigenvalue weighted by atomic mass is 19.4. The zero-order valence-electron chi connectivity index (χ0n) is 11.7. The Kier molecular flexibility index (Phi) is 4.44. The van der Waals surface area contributed by atoms with Crippen molar-refractivity contribution in [3.63, 3.8) is 0 Å². The summed E-state index contributed by atoms with van der Waals surface area (Å²) in [7, 11) is 0. The standard InChI is InChI=1S/C15H10F4N2O2/c1-8(22)9-5-6-10(16)12(7-9)21-14(23)11-3-2-4-13(20-11)15(17,18)19/h2-7H,1H3,(H,21,23). The maximum absolute atomic E-state index is 13.7. The molecule has 0 saturated carbocycles. The second-order valence-corrected chi connectivity index (χ2v) is 4.61. The van der Waals surface area contributed by atoms with Crippen molar-refractivity contribution in [1.82, 2.24) is 4.98 Å². The molecule has 1 heterocycles. The number of hydrogen-bond donors (Lipinski definition) is 1. The van der Waals surface area contributed by atoms with Crippen LogP contribution in [-0.2, 0) is 6.18 Å². The topological polar surface area (TPSA) is 59.1 Å². The molecule has 0 atom stereocenters. The number of rotatable bonds is 3. The maximum atomic E-state index is 13.7. The summed E-state index contributed by atoms with van der Waals surface area (Å²) in [6.07, 6.45) is -4.70. The second kappa shape index (κ2) is 6.15. The molecule has 0 aliphatic heterocycles. The number of alkyl halides is 3. The maximum Gasteiger partial charge on any atom is 0.433 e. The third kappa shape index (κ3) is 3.91. The van der Waals surface area contributed by atoms with E-state index in [4.69, 9.17) is 0 Å². The Morgan fingerprint density at radius 1 is 1.13 bits per heavy atom. The Bertz CT molecular complexity index is 772. The van der Waals surface area contributed by atoms with Crippen molar-refractivity contribution in [3.05, 3.63) is 59.2 Å². The lowest BCUT2D eigenvalue weighted by Crippen LogP contribution is -2.17. The van der Waals surface area contributed by atoms with Gasteiger partial charge >= 0.3 is 6.18 Å². The largest absolute Gasteiger partial charge is 0.433 e. The van der Waals surface area contributed by atoms with Crippen molar-refractivity contribution in [2.75, 3.05) is 5.32 Å². The van der Waals surface area contributed by atoms with Crippen molar-refractivity contribution >= 4 is 17.4 Å². The Balaban J connectivity index is 2.29. The minimum atomic E-state index is -4.70. The number of amides is 1.